The lowest BCUT2D eigenvalue weighted by Gasteiger charge is -2.35. The number of aromatic nitrogens is 1. The third kappa shape index (κ3) is 4.27. The van der Waals surface area contributed by atoms with Gasteiger partial charge in [-0.25, -0.2) is 9.37 Å². The number of nitrogens with zero attached hydrogens (tertiary/aromatic N) is 1. The number of nitrogens with one attached hydrogen (secondary N) is 2. The number of aliphatic hydroxyl groups excluding tert-OH is 1. The van der Waals surface area contributed by atoms with E-state index < -0.39 is 23.1 Å². The van der Waals surface area contributed by atoms with E-state index in [4.69, 9.17) is 21.1 Å². The number of ether oxygens (including phenoxy) is 2. The van der Waals surface area contributed by atoms with E-state index in [1.807, 2.05) is 30.3 Å². The number of fused-ring (bicyclic) bond motifs is 1. The van der Waals surface area contributed by atoms with Crippen molar-refractivity contribution in [1.29, 1.82) is 0 Å². The Balaban J connectivity index is 1.75. The van der Waals surface area contributed by atoms with Gasteiger partial charge in [-0.15, -0.1) is 0 Å². The van der Waals surface area contributed by atoms with E-state index in [1.54, 1.807) is 0 Å². The number of rotatable bonds is 7. The summed E-state index contributed by atoms with van der Waals surface area (Å²) >= 11 is 6.57. The average molecular weight is 528 g/mol. The zero-order chi connectivity index (χ0) is 26.2. The Bertz CT molecular complexity index is 1330. The maximum atomic E-state index is 15.3. The van der Waals surface area contributed by atoms with Crippen LogP contribution in [0.15, 0.2) is 42.6 Å². The standard InChI is InChI=1S/C27H27ClFN3O5/c1-30-25(35)17-14-32-26(36-11-10-33)24(34)22(17)21-16-13-27(20-8-5-9-31-20,15-6-3-2-4-7-15)37-19(16)12-18(29)23(21)28/h2-4,6-7,12,14,20,31,33-34H,5,8-11,13H2,1H3,(H,30,35)/t20-,27-/m0/s1. The molecule has 0 aliphatic carbocycles. The molecular formula is C27H27ClFN3O5. The molecule has 0 radical (unpaired) electrons. The van der Waals surface area contributed by atoms with Crippen molar-refractivity contribution in [2.75, 3.05) is 26.8 Å². The minimum atomic E-state index is -0.849. The Kier molecular flexibility index (Phi) is 6.94. The number of carbonyl (C=O) groups excluding carboxylic acids is 1. The maximum Gasteiger partial charge on any atom is 0.257 e. The van der Waals surface area contributed by atoms with Crippen molar-refractivity contribution in [1.82, 2.24) is 15.6 Å². The molecule has 0 spiro atoms. The van der Waals surface area contributed by atoms with Crippen LogP contribution in [0, 0.1) is 5.82 Å². The van der Waals surface area contributed by atoms with Gasteiger partial charge >= 0.3 is 0 Å². The van der Waals surface area contributed by atoms with Gasteiger partial charge in [-0.3, -0.25) is 4.79 Å². The molecule has 0 bridgehead atoms. The van der Waals surface area contributed by atoms with Gasteiger partial charge in [0, 0.05) is 42.4 Å². The highest BCUT2D eigenvalue weighted by atomic mass is 35.5. The molecule has 2 aliphatic rings. The highest BCUT2D eigenvalue weighted by molar-refractivity contribution is 6.34. The third-order valence-corrected chi connectivity index (χ3v) is 7.34. The molecule has 37 heavy (non-hydrogen) atoms. The predicted molar refractivity (Wildman–Crippen MR) is 136 cm³/mol. The van der Waals surface area contributed by atoms with Gasteiger partial charge in [0.2, 0.25) is 0 Å². The number of carbonyl (C=O) groups is 1. The zero-order valence-corrected chi connectivity index (χ0v) is 20.9. The first-order valence-corrected chi connectivity index (χ1v) is 12.5. The molecule has 5 rings (SSSR count). The van der Waals surface area contributed by atoms with E-state index in [1.165, 1.54) is 19.3 Å². The Hall–Kier alpha value is -3.40. The first kappa shape index (κ1) is 25.3. The quantitative estimate of drug-likeness (QED) is 0.371. The number of benzene rings is 2. The fraction of sp³-hybridized carbons (Fsp3) is 0.333. The van der Waals surface area contributed by atoms with Crippen LogP contribution in [0.5, 0.6) is 17.4 Å². The van der Waals surface area contributed by atoms with Crippen LogP contribution in [0.1, 0.15) is 34.3 Å². The number of aromatic hydroxyl groups is 1. The fourth-order valence-corrected chi connectivity index (χ4v) is 5.58. The molecule has 3 heterocycles. The summed E-state index contributed by atoms with van der Waals surface area (Å²) in [5, 5.41) is 26.2. The lowest BCUT2D eigenvalue weighted by Crippen LogP contribution is -2.48. The summed E-state index contributed by atoms with van der Waals surface area (Å²) in [7, 11) is 1.44. The second-order valence-corrected chi connectivity index (χ2v) is 9.44. The van der Waals surface area contributed by atoms with Crippen molar-refractivity contribution in [3.8, 4) is 28.5 Å². The first-order chi connectivity index (χ1) is 17.9. The highest BCUT2D eigenvalue weighted by Crippen LogP contribution is 2.53. The number of aliphatic hydroxyl groups is 1. The van der Waals surface area contributed by atoms with Crippen molar-refractivity contribution in [3.63, 3.8) is 0 Å². The molecule has 3 aromatic rings. The first-order valence-electron chi connectivity index (χ1n) is 12.1. The lowest BCUT2D eigenvalue weighted by molar-refractivity contribution is 0.0539. The molecule has 1 aromatic heterocycles. The lowest BCUT2D eigenvalue weighted by atomic mass is 9.80. The van der Waals surface area contributed by atoms with E-state index >= 15 is 4.39 Å². The number of halogens is 2. The van der Waals surface area contributed by atoms with Crippen molar-refractivity contribution in [2.45, 2.75) is 30.9 Å². The Morgan fingerprint density at radius 2 is 2.14 bits per heavy atom. The van der Waals surface area contributed by atoms with Crippen LogP contribution in [-0.2, 0) is 12.0 Å². The summed E-state index contributed by atoms with van der Waals surface area (Å²) in [5.41, 5.74) is 0.740. The minimum Gasteiger partial charge on any atom is -0.503 e. The normalized spacial score (nSPS) is 20.4. The Morgan fingerprint density at radius 3 is 2.81 bits per heavy atom. The van der Waals surface area contributed by atoms with E-state index in [0.717, 1.165) is 24.9 Å². The maximum absolute atomic E-state index is 15.3. The van der Waals surface area contributed by atoms with Crippen LogP contribution >= 0.6 is 11.6 Å². The van der Waals surface area contributed by atoms with Crippen LogP contribution in [0.3, 0.4) is 0 Å². The summed E-state index contributed by atoms with van der Waals surface area (Å²) in [6, 6.07) is 10.9. The number of amides is 1. The third-order valence-electron chi connectivity index (χ3n) is 6.97. The van der Waals surface area contributed by atoms with Gasteiger partial charge in [-0.1, -0.05) is 41.9 Å². The van der Waals surface area contributed by atoms with Crippen molar-refractivity contribution in [2.24, 2.45) is 0 Å². The minimum absolute atomic E-state index is 0.0118. The van der Waals surface area contributed by atoms with Crippen LogP contribution in [-0.4, -0.2) is 54.0 Å². The van der Waals surface area contributed by atoms with Crippen molar-refractivity contribution in [3.05, 3.63) is 70.1 Å². The molecule has 2 aliphatic heterocycles. The van der Waals surface area contributed by atoms with Crippen LogP contribution in [0.4, 0.5) is 4.39 Å². The summed E-state index contributed by atoms with van der Waals surface area (Å²) in [5.74, 6) is -1.72. The van der Waals surface area contributed by atoms with Gasteiger partial charge < -0.3 is 30.3 Å². The summed E-state index contributed by atoms with van der Waals surface area (Å²) < 4.78 is 27.3. The summed E-state index contributed by atoms with van der Waals surface area (Å²) in [6.07, 6.45) is 3.38. The molecule has 1 amide bonds. The smallest absolute Gasteiger partial charge is 0.257 e. The summed E-state index contributed by atoms with van der Waals surface area (Å²) in [4.78, 5) is 16.9. The predicted octanol–water partition coefficient (Wildman–Crippen LogP) is 3.56. The number of hydrogen-bond donors (Lipinski definition) is 4. The van der Waals surface area contributed by atoms with Crippen molar-refractivity contribution < 1.29 is 28.9 Å². The molecule has 2 atom stereocenters. The topological polar surface area (TPSA) is 113 Å². The molecule has 2 aromatic carbocycles. The largest absolute Gasteiger partial charge is 0.503 e. The number of pyridine rings is 1. The van der Waals surface area contributed by atoms with Gasteiger partial charge in [0.1, 0.15) is 18.2 Å². The molecule has 194 valence electrons. The van der Waals surface area contributed by atoms with Gasteiger partial charge in [0.05, 0.1) is 23.2 Å². The molecule has 4 N–H and O–H groups in total. The van der Waals surface area contributed by atoms with E-state index in [2.05, 4.69) is 15.6 Å². The molecule has 0 saturated carbocycles. The zero-order valence-electron chi connectivity index (χ0n) is 20.2. The van der Waals surface area contributed by atoms with Crippen LogP contribution < -0.4 is 20.1 Å². The average Bonchev–Trinajstić information content (AvgIpc) is 3.58. The molecule has 10 heteroatoms. The fourth-order valence-electron chi connectivity index (χ4n) is 5.31. The molecule has 1 saturated heterocycles. The molecule has 8 nitrogen and oxygen atoms in total. The highest BCUT2D eigenvalue weighted by Gasteiger charge is 2.50. The molecule has 0 unspecified atom stereocenters. The number of hydrogen-bond acceptors (Lipinski definition) is 7. The van der Waals surface area contributed by atoms with E-state index in [0.29, 0.717) is 12.0 Å². The Morgan fingerprint density at radius 1 is 1.35 bits per heavy atom. The van der Waals surface area contributed by atoms with Crippen molar-refractivity contribution >= 4 is 17.5 Å². The van der Waals surface area contributed by atoms with Gasteiger partial charge in [0.15, 0.2) is 11.4 Å². The molecular weight excluding hydrogens is 501 g/mol. The van der Waals surface area contributed by atoms with E-state index in [9.17, 15) is 15.0 Å². The van der Waals surface area contributed by atoms with E-state index in [-0.39, 0.29) is 52.6 Å². The van der Waals surface area contributed by atoms with Crippen LogP contribution in [0.25, 0.3) is 11.1 Å². The second-order valence-electron chi connectivity index (χ2n) is 9.06. The Labute approximate surface area is 218 Å². The molecule has 1 fully saturated rings. The SMILES string of the molecule is CNC(=O)c1cnc(OCCO)c(O)c1-c1c(Cl)c(F)cc2c1C[C@](c1ccccc1)([C@@H]1CCCN1)O2. The second kappa shape index (κ2) is 10.2. The van der Waals surface area contributed by atoms with Crippen LogP contribution in [0.2, 0.25) is 5.02 Å². The van der Waals surface area contributed by atoms with Gasteiger partial charge in [-0.2, -0.15) is 0 Å². The monoisotopic (exact) mass is 527 g/mol. The van der Waals surface area contributed by atoms with Gasteiger partial charge in [0.25, 0.3) is 11.8 Å². The van der Waals surface area contributed by atoms with Gasteiger partial charge in [-0.05, 0) is 24.9 Å². The summed E-state index contributed by atoms with van der Waals surface area (Å²) in [6.45, 7) is 0.381.